The molecule has 0 saturated carbocycles. The van der Waals surface area contributed by atoms with Gasteiger partial charge in [-0.25, -0.2) is 9.69 Å². The number of urea groups is 1. The van der Waals surface area contributed by atoms with E-state index in [4.69, 9.17) is 0 Å². The summed E-state index contributed by atoms with van der Waals surface area (Å²) in [5.74, 6) is -0.272. The van der Waals surface area contributed by atoms with Gasteiger partial charge >= 0.3 is 6.03 Å². The van der Waals surface area contributed by atoms with Crippen molar-refractivity contribution in [2.45, 2.75) is 25.8 Å². The van der Waals surface area contributed by atoms with Crippen LogP contribution >= 0.6 is 11.5 Å². The number of carbonyl (C=O) groups is 3. The molecule has 140 valence electrons. The molecule has 2 saturated heterocycles. The highest BCUT2D eigenvalue weighted by atomic mass is 32.1. The molecule has 0 aliphatic carbocycles. The summed E-state index contributed by atoms with van der Waals surface area (Å²) in [6.45, 7) is 2.95. The van der Waals surface area contributed by atoms with Gasteiger partial charge in [0.1, 0.15) is 11.4 Å². The van der Waals surface area contributed by atoms with Crippen molar-refractivity contribution in [3.05, 3.63) is 40.9 Å². The van der Waals surface area contributed by atoms with Crippen molar-refractivity contribution < 1.29 is 14.4 Å². The summed E-state index contributed by atoms with van der Waals surface area (Å²) in [5, 5.41) is 3.89. The maximum atomic E-state index is 12.8. The van der Waals surface area contributed by atoms with E-state index in [2.05, 4.69) is 9.59 Å². The molecule has 0 atom stereocenters. The van der Waals surface area contributed by atoms with E-state index in [1.807, 2.05) is 6.07 Å². The first-order valence-corrected chi connectivity index (χ1v) is 9.60. The van der Waals surface area contributed by atoms with Gasteiger partial charge in [-0.2, -0.15) is 0 Å². The molecule has 8 nitrogen and oxygen atoms in total. The third-order valence-corrected chi connectivity index (χ3v) is 5.86. The van der Waals surface area contributed by atoms with Gasteiger partial charge in [-0.1, -0.05) is 22.7 Å². The number of benzene rings is 1. The van der Waals surface area contributed by atoms with Gasteiger partial charge in [-0.3, -0.25) is 9.59 Å². The largest absolute Gasteiger partial charge is 0.338 e. The fraction of sp³-hybridized carbons (Fsp3) is 0.389. The number of aryl methyl sites for hydroxylation is 1. The van der Waals surface area contributed by atoms with E-state index in [0.717, 1.165) is 11.5 Å². The highest BCUT2D eigenvalue weighted by Crippen LogP contribution is 2.27. The molecule has 0 spiro atoms. The lowest BCUT2D eigenvalue weighted by atomic mass is 10.0. The van der Waals surface area contributed by atoms with Gasteiger partial charge in [-0.05, 0) is 43.4 Å². The van der Waals surface area contributed by atoms with Crippen LogP contribution in [0.3, 0.4) is 0 Å². The SMILES string of the molecule is Cc1nnsc1C(=O)N1CCC(N2CC(=O)N(c3ccccc3)C2=O)CC1. The minimum atomic E-state index is -0.279. The Morgan fingerprint density at radius 3 is 2.48 bits per heavy atom. The van der Waals surface area contributed by atoms with Crippen LogP contribution in [0.25, 0.3) is 0 Å². The molecule has 0 N–H and O–H groups in total. The van der Waals surface area contributed by atoms with Crippen molar-refractivity contribution in [3.63, 3.8) is 0 Å². The molecule has 27 heavy (non-hydrogen) atoms. The Morgan fingerprint density at radius 2 is 1.85 bits per heavy atom. The fourth-order valence-electron chi connectivity index (χ4n) is 3.59. The molecule has 0 radical (unpaired) electrons. The fourth-order valence-corrected chi connectivity index (χ4v) is 4.21. The van der Waals surface area contributed by atoms with Gasteiger partial charge in [0.25, 0.3) is 11.8 Å². The number of rotatable bonds is 3. The molecule has 0 unspecified atom stereocenters. The van der Waals surface area contributed by atoms with Crippen LogP contribution in [0.15, 0.2) is 30.3 Å². The van der Waals surface area contributed by atoms with Gasteiger partial charge in [-0.15, -0.1) is 5.10 Å². The third kappa shape index (κ3) is 3.18. The number of carbonyl (C=O) groups excluding carboxylic acids is 3. The maximum absolute atomic E-state index is 12.8. The number of anilines is 1. The lowest BCUT2D eigenvalue weighted by Crippen LogP contribution is -2.48. The number of likely N-dealkylation sites (tertiary alicyclic amines) is 1. The minimum absolute atomic E-state index is 0.0418. The van der Waals surface area contributed by atoms with Crippen molar-refractivity contribution in [2.75, 3.05) is 24.5 Å². The Hall–Kier alpha value is -2.81. The monoisotopic (exact) mass is 385 g/mol. The predicted molar refractivity (Wildman–Crippen MR) is 99.6 cm³/mol. The summed E-state index contributed by atoms with van der Waals surface area (Å²) in [7, 11) is 0. The number of hydrogen-bond acceptors (Lipinski definition) is 6. The second kappa shape index (κ2) is 7.07. The second-order valence-electron chi connectivity index (χ2n) is 6.69. The lowest BCUT2D eigenvalue weighted by molar-refractivity contribution is -0.116. The smallest absolute Gasteiger partial charge is 0.332 e. The number of piperidine rings is 1. The molecule has 9 heteroatoms. The van der Waals surface area contributed by atoms with Gasteiger partial charge in [0, 0.05) is 19.1 Å². The minimum Gasteiger partial charge on any atom is -0.338 e. The van der Waals surface area contributed by atoms with Crippen molar-refractivity contribution in [3.8, 4) is 0 Å². The third-order valence-electron chi connectivity index (χ3n) is 5.04. The molecular weight excluding hydrogens is 366 g/mol. The van der Waals surface area contributed by atoms with Crippen molar-refractivity contribution in [2.24, 2.45) is 0 Å². The summed E-state index contributed by atoms with van der Waals surface area (Å²) < 4.78 is 3.82. The van der Waals surface area contributed by atoms with Crippen LogP contribution < -0.4 is 4.90 Å². The van der Waals surface area contributed by atoms with E-state index in [-0.39, 0.29) is 30.4 Å². The summed E-state index contributed by atoms with van der Waals surface area (Å²) >= 11 is 1.11. The molecule has 2 aromatic rings. The van der Waals surface area contributed by atoms with E-state index < -0.39 is 0 Å². The zero-order valence-electron chi connectivity index (χ0n) is 14.9. The Kier molecular flexibility index (Phi) is 4.61. The Balaban J connectivity index is 1.41. The summed E-state index contributed by atoms with van der Waals surface area (Å²) in [4.78, 5) is 43.0. The molecule has 3 heterocycles. The molecular formula is C18H19N5O3S. The van der Waals surface area contributed by atoms with Crippen LogP contribution in [0.5, 0.6) is 0 Å². The topological polar surface area (TPSA) is 86.7 Å². The summed E-state index contributed by atoms with van der Waals surface area (Å²) in [6, 6.07) is 8.65. The molecule has 2 aliphatic heterocycles. The Morgan fingerprint density at radius 1 is 1.15 bits per heavy atom. The number of aromatic nitrogens is 2. The standard InChI is InChI=1S/C18H19N5O3S/c1-12-16(27-20-19-12)17(25)21-9-7-13(8-10-21)22-11-15(24)23(18(22)26)14-5-3-2-4-6-14/h2-6,13H,7-11H2,1H3. The first-order valence-electron chi connectivity index (χ1n) is 8.83. The predicted octanol–water partition coefficient (Wildman–Crippen LogP) is 1.92. The molecule has 2 fully saturated rings. The van der Waals surface area contributed by atoms with Gasteiger partial charge in [0.05, 0.1) is 11.4 Å². The first-order chi connectivity index (χ1) is 13.1. The lowest BCUT2D eigenvalue weighted by Gasteiger charge is -2.35. The van der Waals surface area contributed by atoms with Crippen LogP contribution in [0.2, 0.25) is 0 Å². The summed E-state index contributed by atoms with van der Waals surface area (Å²) in [5.41, 5.74) is 1.24. The number of hydrogen-bond donors (Lipinski definition) is 0. The first kappa shape index (κ1) is 17.6. The Labute approximate surface area is 160 Å². The number of amides is 4. The highest BCUT2D eigenvalue weighted by Gasteiger charge is 2.41. The van der Waals surface area contributed by atoms with Crippen LogP contribution in [-0.2, 0) is 4.79 Å². The molecule has 1 aromatic carbocycles. The van der Waals surface area contributed by atoms with E-state index in [9.17, 15) is 14.4 Å². The van der Waals surface area contributed by atoms with Crippen LogP contribution in [0.1, 0.15) is 28.2 Å². The van der Waals surface area contributed by atoms with E-state index >= 15 is 0 Å². The van der Waals surface area contributed by atoms with E-state index in [0.29, 0.717) is 42.2 Å². The summed E-state index contributed by atoms with van der Waals surface area (Å²) in [6.07, 6.45) is 1.30. The molecule has 0 bridgehead atoms. The molecule has 1 aromatic heterocycles. The average molecular weight is 385 g/mol. The average Bonchev–Trinajstić information content (AvgIpc) is 3.24. The quantitative estimate of drug-likeness (QED) is 0.754. The molecule has 4 rings (SSSR count). The van der Waals surface area contributed by atoms with Crippen LogP contribution in [0.4, 0.5) is 10.5 Å². The van der Waals surface area contributed by atoms with Crippen molar-refractivity contribution >= 4 is 35.1 Å². The van der Waals surface area contributed by atoms with Gasteiger partial charge < -0.3 is 9.80 Å². The number of imide groups is 1. The highest BCUT2D eigenvalue weighted by molar-refractivity contribution is 7.07. The van der Waals surface area contributed by atoms with Crippen molar-refractivity contribution in [1.82, 2.24) is 19.4 Å². The van der Waals surface area contributed by atoms with Crippen LogP contribution in [0, 0.1) is 6.92 Å². The van der Waals surface area contributed by atoms with Crippen LogP contribution in [-0.4, -0.2) is 62.9 Å². The number of nitrogens with zero attached hydrogens (tertiary/aromatic N) is 5. The Bertz CT molecular complexity index is 876. The van der Waals surface area contributed by atoms with Gasteiger partial charge in [0.15, 0.2) is 0 Å². The van der Waals surface area contributed by atoms with E-state index in [1.54, 1.807) is 41.0 Å². The number of para-hydroxylation sites is 1. The van der Waals surface area contributed by atoms with Crippen molar-refractivity contribution in [1.29, 1.82) is 0 Å². The molecule has 4 amide bonds. The van der Waals surface area contributed by atoms with E-state index in [1.165, 1.54) is 4.90 Å². The molecule has 2 aliphatic rings. The normalized spacial score (nSPS) is 18.5. The second-order valence-corrected chi connectivity index (χ2v) is 7.44. The maximum Gasteiger partial charge on any atom is 0.332 e. The zero-order chi connectivity index (χ0) is 19.0. The van der Waals surface area contributed by atoms with Gasteiger partial charge in [0.2, 0.25) is 0 Å². The zero-order valence-corrected chi connectivity index (χ0v) is 15.7.